The van der Waals surface area contributed by atoms with Crippen LogP contribution in [0.4, 0.5) is 11.4 Å². The van der Waals surface area contributed by atoms with Gasteiger partial charge in [0.1, 0.15) is 0 Å². The van der Waals surface area contributed by atoms with Crippen molar-refractivity contribution in [1.29, 1.82) is 0 Å². The van der Waals surface area contributed by atoms with Crippen LogP contribution in [-0.2, 0) is 0 Å². The number of benzene rings is 2. The van der Waals surface area contributed by atoms with Crippen LogP contribution in [-0.4, -0.2) is 66.0 Å². The third kappa shape index (κ3) is 2.47. The molecule has 68 valence electrons. The molecular weight excluding hydrogens is 256 g/mol. The lowest BCUT2D eigenvalue weighted by Crippen LogP contribution is -2.16. The molecule has 2 nitrogen and oxygen atoms in total. The second kappa shape index (κ2) is 5.38. The quantitative estimate of drug-likeness (QED) is 0.738. The molecule has 0 aromatic heterocycles. The van der Waals surface area contributed by atoms with Gasteiger partial charge in [0.15, 0.2) is 0 Å². The Hall–Kier alpha value is 0.430. The number of anilines is 2. The monoisotopic (exact) mass is 262 g/mol. The predicted molar refractivity (Wildman–Crippen MR) is 71.9 cm³/mol. The SMILES string of the molecule is [Al][N]([Al])c1ccc([N]([Al])[Al])c2ccccc12. The molecule has 0 aliphatic carbocycles. The van der Waals surface area contributed by atoms with Crippen LogP contribution in [0.5, 0.6) is 0 Å². The van der Waals surface area contributed by atoms with Gasteiger partial charge in [-0.3, -0.25) is 0 Å². The first-order valence-corrected chi connectivity index (χ1v) is 6.78. The Kier molecular flexibility index (Phi) is 4.33. The van der Waals surface area contributed by atoms with E-state index in [0.717, 1.165) is 0 Å². The second-order valence-corrected chi connectivity index (χ2v) is 6.88. The lowest BCUT2D eigenvalue weighted by molar-refractivity contribution is 1.57. The van der Waals surface area contributed by atoms with Crippen molar-refractivity contribution in [3.8, 4) is 0 Å². The molecule has 0 fully saturated rings. The minimum absolute atomic E-state index is 1.17. The lowest BCUT2D eigenvalue weighted by atomic mass is 10.1. The van der Waals surface area contributed by atoms with Crippen LogP contribution < -0.4 is 5.73 Å². The maximum atomic E-state index is 2.66. The molecule has 0 bridgehead atoms. The maximum Gasteiger partial charge on any atom is 0.277 e. The van der Waals surface area contributed by atoms with E-state index in [1.165, 1.54) is 22.1 Å². The molecule has 2 aromatic carbocycles. The summed E-state index contributed by atoms with van der Waals surface area (Å²) in [6, 6.07) is 12.6. The average molecular weight is 262 g/mol. The summed E-state index contributed by atoms with van der Waals surface area (Å²) in [4.78, 5) is 0. The Morgan fingerprint density at radius 3 is 1.31 bits per heavy atom. The van der Waals surface area contributed by atoms with Gasteiger partial charge in [0.25, 0.3) is 66.0 Å². The largest absolute Gasteiger partial charge is 0.586 e. The Balaban J connectivity index is 2.77. The first-order chi connectivity index (χ1) is 7.61. The molecule has 2 rings (SSSR count). The van der Waals surface area contributed by atoms with Gasteiger partial charge in [-0.25, -0.2) is 0 Å². The molecule has 2 aromatic rings. The third-order valence-electron chi connectivity index (χ3n) is 2.43. The summed E-state index contributed by atoms with van der Waals surface area (Å²) >= 11 is 10.6. The van der Waals surface area contributed by atoms with E-state index in [9.17, 15) is 0 Å². The highest BCUT2D eigenvalue weighted by atomic mass is 27.1. The summed E-state index contributed by atoms with van der Waals surface area (Å²) in [6.07, 6.45) is 0. The zero-order valence-corrected chi connectivity index (χ0v) is 13.3. The summed E-state index contributed by atoms with van der Waals surface area (Å²) in [6.45, 7) is 0. The normalized spacial score (nSPS) is 10.2. The molecular formula is C10H6Al4N2. The van der Waals surface area contributed by atoms with E-state index >= 15 is 0 Å². The molecule has 0 atom stereocenters. The number of nitrogens with zero attached hydrogens (tertiary/aromatic N) is 2. The van der Waals surface area contributed by atoms with E-state index in [0.29, 0.717) is 0 Å². The molecule has 0 aliphatic heterocycles. The first-order valence-electron chi connectivity index (χ1n) is 4.72. The third-order valence-corrected chi connectivity index (χ3v) is 3.55. The Morgan fingerprint density at radius 1 is 0.625 bits per heavy atom. The Morgan fingerprint density at radius 2 is 1.00 bits per heavy atom. The molecule has 0 saturated heterocycles. The second-order valence-electron chi connectivity index (χ2n) is 3.46. The number of hydrogen-bond donors (Lipinski definition) is 0. The van der Waals surface area contributed by atoms with Crippen molar-refractivity contribution in [1.82, 2.24) is 0 Å². The van der Waals surface area contributed by atoms with Crippen molar-refractivity contribution in [3.63, 3.8) is 0 Å². The van der Waals surface area contributed by atoms with Crippen molar-refractivity contribution in [3.05, 3.63) is 36.4 Å². The summed E-state index contributed by atoms with van der Waals surface area (Å²) in [5, 5.41) is 2.47. The molecule has 6 heteroatoms. The molecule has 0 unspecified atom stereocenters. The van der Waals surface area contributed by atoms with Crippen LogP contribution in [0, 0.1) is 0 Å². The fraction of sp³-hybridized carbons (Fsp3) is 0. The van der Waals surface area contributed by atoms with Gasteiger partial charge in [-0.15, -0.1) is 0 Å². The van der Waals surface area contributed by atoms with Crippen molar-refractivity contribution in [2.45, 2.75) is 0 Å². The van der Waals surface area contributed by atoms with Gasteiger partial charge < -0.3 is 5.73 Å². The molecule has 0 saturated carbocycles. The molecule has 0 aliphatic rings. The topological polar surface area (TPSA) is 6.48 Å². The summed E-state index contributed by atoms with van der Waals surface area (Å²) in [7, 11) is 0. The van der Waals surface area contributed by atoms with E-state index in [1.54, 1.807) is 0 Å². The molecule has 8 radical (unpaired) electrons. The standard InChI is InChI=1S/C10H6N2.4Al/c11-9-5-6-10(12)8-4-2-1-3-7(8)9;;;;/h1-6H;;;;. The molecule has 0 N–H and O–H groups in total. The smallest absolute Gasteiger partial charge is 0.277 e. The van der Waals surface area contributed by atoms with E-state index in [4.69, 9.17) is 0 Å². The minimum Gasteiger partial charge on any atom is -0.586 e. The van der Waals surface area contributed by atoms with Crippen LogP contribution in [0.15, 0.2) is 36.4 Å². The van der Waals surface area contributed by atoms with Gasteiger partial charge in [-0.1, -0.05) is 24.3 Å². The van der Waals surface area contributed by atoms with Gasteiger partial charge in [0, 0.05) is 10.8 Å². The van der Waals surface area contributed by atoms with Gasteiger partial charge in [-0.05, 0) is 23.5 Å². The van der Waals surface area contributed by atoms with E-state index < -0.39 is 0 Å². The van der Waals surface area contributed by atoms with E-state index in [2.05, 4.69) is 102 Å². The molecule has 0 spiro atoms. The van der Waals surface area contributed by atoms with Gasteiger partial charge >= 0.3 is 0 Å². The van der Waals surface area contributed by atoms with Gasteiger partial charge in [-0.2, -0.15) is 0 Å². The Bertz CT molecular complexity index is 467. The highest BCUT2D eigenvalue weighted by Gasteiger charge is 2.05. The van der Waals surface area contributed by atoms with Crippen molar-refractivity contribution < 1.29 is 0 Å². The predicted octanol–water partition coefficient (Wildman–Crippen LogP) is 0.787. The fourth-order valence-electron chi connectivity index (χ4n) is 1.72. The van der Waals surface area contributed by atoms with Gasteiger partial charge in [0.2, 0.25) is 0 Å². The van der Waals surface area contributed by atoms with Crippen molar-refractivity contribution in [2.24, 2.45) is 0 Å². The van der Waals surface area contributed by atoms with Crippen LogP contribution >= 0.6 is 0 Å². The van der Waals surface area contributed by atoms with Crippen LogP contribution in [0.25, 0.3) is 10.8 Å². The number of fused-ring (bicyclic) bond motifs is 1. The van der Waals surface area contributed by atoms with Crippen LogP contribution in [0.2, 0.25) is 0 Å². The van der Waals surface area contributed by atoms with E-state index in [1.807, 2.05) is 5.73 Å². The van der Waals surface area contributed by atoms with Crippen molar-refractivity contribution in [2.75, 3.05) is 5.73 Å². The first kappa shape index (κ1) is 12.9. The van der Waals surface area contributed by atoms with Crippen molar-refractivity contribution >= 4 is 88.2 Å². The van der Waals surface area contributed by atoms with E-state index in [-0.39, 0.29) is 0 Å². The average Bonchev–Trinajstić information content (AvgIpc) is 2.27. The Labute approximate surface area is 129 Å². The molecule has 0 heterocycles. The summed E-state index contributed by atoms with van der Waals surface area (Å²) in [5.74, 6) is 0. The fourth-order valence-corrected chi connectivity index (χ4v) is 2.62. The zero-order chi connectivity index (χ0) is 11.7. The number of hydrogen-bond acceptors (Lipinski definition) is 2. The summed E-state index contributed by atoms with van der Waals surface area (Å²) in [5.41, 5.74) is 2.34. The zero-order valence-electron chi connectivity index (χ0n) is 8.67. The summed E-state index contributed by atoms with van der Waals surface area (Å²) < 4.78 is 3.95. The van der Waals surface area contributed by atoms with Crippen LogP contribution in [0.3, 0.4) is 0 Å². The lowest BCUT2D eigenvalue weighted by Gasteiger charge is -2.25. The van der Waals surface area contributed by atoms with Gasteiger partial charge in [0.05, 0.1) is 0 Å². The molecule has 16 heavy (non-hydrogen) atoms. The molecule has 0 amide bonds. The van der Waals surface area contributed by atoms with Crippen LogP contribution in [0.1, 0.15) is 0 Å². The maximum absolute atomic E-state index is 2.66. The minimum atomic E-state index is 1.17. The number of rotatable bonds is 2. The highest BCUT2D eigenvalue weighted by molar-refractivity contribution is 6.45. The highest BCUT2D eigenvalue weighted by Crippen LogP contribution is 2.31.